The topological polar surface area (TPSA) is 49.5 Å². The maximum atomic E-state index is 9.11. The largest absolute Gasteiger partial charge is 0.394 e. The highest BCUT2D eigenvalue weighted by atomic mass is 16.3. The second-order valence-corrected chi connectivity index (χ2v) is 6.71. The molecule has 0 aromatic rings. The number of nitrogens with zero attached hydrogens (tertiary/aromatic N) is 1. The maximum Gasteiger partial charge on any atom is 0.0608 e. The quantitative estimate of drug-likeness (QED) is 0.766. The molecule has 3 N–H and O–H groups in total. The zero-order valence-corrected chi connectivity index (χ0v) is 11.3. The molecule has 16 heavy (non-hydrogen) atoms. The first-order chi connectivity index (χ1) is 7.24. The molecular weight excluding hydrogens is 200 g/mol. The minimum Gasteiger partial charge on any atom is -0.394 e. The Morgan fingerprint density at radius 2 is 1.94 bits per heavy atom. The average molecular weight is 228 g/mol. The van der Waals surface area contributed by atoms with Crippen LogP contribution >= 0.6 is 0 Å². The molecule has 3 heteroatoms. The van der Waals surface area contributed by atoms with Gasteiger partial charge in [-0.2, -0.15) is 0 Å². The highest BCUT2D eigenvalue weighted by Gasteiger charge is 2.32. The highest BCUT2D eigenvalue weighted by Crippen LogP contribution is 2.33. The molecule has 0 bridgehead atoms. The predicted molar refractivity (Wildman–Crippen MR) is 68.3 cm³/mol. The minimum atomic E-state index is -0.417. The third kappa shape index (κ3) is 4.04. The van der Waals surface area contributed by atoms with Crippen LogP contribution in [0.3, 0.4) is 0 Å². The van der Waals surface area contributed by atoms with Crippen molar-refractivity contribution < 1.29 is 5.11 Å². The molecule has 96 valence electrons. The third-order valence-corrected chi connectivity index (χ3v) is 3.86. The van der Waals surface area contributed by atoms with Gasteiger partial charge in [-0.3, -0.25) is 0 Å². The maximum absolute atomic E-state index is 9.11. The van der Waals surface area contributed by atoms with Crippen LogP contribution < -0.4 is 5.73 Å². The van der Waals surface area contributed by atoms with E-state index in [1.54, 1.807) is 0 Å². The molecule has 0 radical (unpaired) electrons. The fourth-order valence-corrected chi connectivity index (χ4v) is 2.24. The molecule has 1 fully saturated rings. The van der Waals surface area contributed by atoms with Gasteiger partial charge in [0.15, 0.2) is 0 Å². The SMILES string of the molecule is CC(N)(CO)CCN1CCC(C(C)(C)C)C1. The zero-order valence-electron chi connectivity index (χ0n) is 11.3. The number of aliphatic hydroxyl groups excluding tert-OH is 1. The fourth-order valence-electron chi connectivity index (χ4n) is 2.24. The van der Waals surface area contributed by atoms with Gasteiger partial charge in [0.05, 0.1) is 6.61 Å². The van der Waals surface area contributed by atoms with Gasteiger partial charge in [-0.25, -0.2) is 0 Å². The van der Waals surface area contributed by atoms with E-state index < -0.39 is 5.54 Å². The Morgan fingerprint density at radius 3 is 2.38 bits per heavy atom. The Kier molecular flexibility index (Phi) is 4.38. The van der Waals surface area contributed by atoms with Crippen molar-refractivity contribution in [3.05, 3.63) is 0 Å². The fraction of sp³-hybridized carbons (Fsp3) is 1.00. The van der Waals surface area contributed by atoms with E-state index in [1.807, 2.05) is 6.92 Å². The van der Waals surface area contributed by atoms with Gasteiger partial charge < -0.3 is 15.7 Å². The molecule has 0 amide bonds. The number of aliphatic hydroxyl groups is 1. The first-order valence-corrected chi connectivity index (χ1v) is 6.37. The lowest BCUT2D eigenvalue weighted by Crippen LogP contribution is -2.43. The summed E-state index contributed by atoms with van der Waals surface area (Å²) in [5, 5.41) is 9.11. The second-order valence-electron chi connectivity index (χ2n) is 6.71. The Bertz CT molecular complexity index is 220. The van der Waals surface area contributed by atoms with Crippen molar-refractivity contribution in [3.8, 4) is 0 Å². The van der Waals surface area contributed by atoms with Crippen molar-refractivity contribution in [3.63, 3.8) is 0 Å². The molecular formula is C13H28N2O. The number of hydrogen-bond acceptors (Lipinski definition) is 3. The number of nitrogens with two attached hydrogens (primary N) is 1. The van der Waals surface area contributed by atoms with E-state index in [0.717, 1.165) is 18.9 Å². The van der Waals surface area contributed by atoms with E-state index in [4.69, 9.17) is 10.8 Å². The summed E-state index contributed by atoms with van der Waals surface area (Å²) in [6, 6.07) is 0. The van der Waals surface area contributed by atoms with Gasteiger partial charge in [-0.1, -0.05) is 20.8 Å². The van der Waals surface area contributed by atoms with Crippen LogP contribution in [0.1, 0.15) is 40.5 Å². The Balaban J connectivity index is 2.32. The number of hydrogen-bond donors (Lipinski definition) is 2. The van der Waals surface area contributed by atoms with E-state index in [0.29, 0.717) is 5.41 Å². The van der Waals surface area contributed by atoms with E-state index in [2.05, 4.69) is 25.7 Å². The molecule has 1 saturated heterocycles. The monoisotopic (exact) mass is 228 g/mol. The van der Waals surface area contributed by atoms with Crippen LogP contribution in [0.4, 0.5) is 0 Å². The molecule has 1 aliphatic rings. The van der Waals surface area contributed by atoms with Crippen LogP contribution in [0, 0.1) is 11.3 Å². The summed E-state index contributed by atoms with van der Waals surface area (Å²) in [6.07, 6.45) is 2.17. The molecule has 0 saturated carbocycles. The van der Waals surface area contributed by atoms with Gasteiger partial charge >= 0.3 is 0 Å². The molecule has 0 spiro atoms. The predicted octanol–water partition coefficient (Wildman–Crippen LogP) is 1.45. The standard InChI is InChI=1S/C13H28N2O/c1-12(2,3)11-5-7-15(9-11)8-6-13(4,14)10-16/h11,16H,5-10,14H2,1-4H3. The molecule has 0 aliphatic carbocycles. The Morgan fingerprint density at radius 1 is 1.31 bits per heavy atom. The van der Waals surface area contributed by atoms with Gasteiger partial charge in [0, 0.05) is 12.1 Å². The Hall–Kier alpha value is -0.120. The van der Waals surface area contributed by atoms with Crippen molar-refractivity contribution >= 4 is 0 Å². The lowest BCUT2D eigenvalue weighted by atomic mass is 9.80. The average Bonchev–Trinajstić information content (AvgIpc) is 2.63. The molecule has 0 aromatic heterocycles. The normalized spacial score (nSPS) is 27.0. The molecule has 1 heterocycles. The van der Waals surface area contributed by atoms with Crippen LogP contribution in [0.5, 0.6) is 0 Å². The lowest BCUT2D eigenvalue weighted by Gasteiger charge is -2.28. The smallest absolute Gasteiger partial charge is 0.0608 e. The molecule has 1 rings (SSSR count). The summed E-state index contributed by atoms with van der Waals surface area (Å²) in [6.45, 7) is 12.3. The molecule has 0 aromatic carbocycles. The molecule has 2 atom stereocenters. The summed E-state index contributed by atoms with van der Waals surface area (Å²) in [5.74, 6) is 0.797. The van der Waals surface area contributed by atoms with E-state index in [-0.39, 0.29) is 6.61 Å². The van der Waals surface area contributed by atoms with E-state index in [1.165, 1.54) is 19.5 Å². The van der Waals surface area contributed by atoms with E-state index >= 15 is 0 Å². The van der Waals surface area contributed by atoms with Crippen molar-refractivity contribution in [1.29, 1.82) is 0 Å². The van der Waals surface area contributed by atoms with Crippen molar-refractivity contribution in [2.75, 3.05) is 26.2 Å². The van der Waals surface area contributed by atoms with Gasteiger partial charge in [0.25, 0.3) is 0 Å². The summed E-state index contributed by atoms with van der Waals surface area (Å²) in [7, 11) is 0. The number of rotatable bonds is 4. The summed E-state index contributed by atoms with van der Waals surface area (Å²) in [4.78, 5) is 2.48. The van der Waals surface area contributed by atoms with E-state index in [9.17, 15) is 0 Å². The van der Waals surface area contributed by atoms with Crippen molar-refractivity contribution in [1.82, 2.24) is 4.90 Å². The summed E-state index contributed by atoms with van der Waals surface area (Å²) < 4.78 is 0. The first kappa shape index (κ1) is 13.9. The third-order valence-electron chi connectivity index (χ3n) is 3.86. The molecule has 3 nitrogen and oxygen atoms in total. The lowest BCUT2D eigenvalue weighted by molar-refractivity contribution is 0.175. The van der Waals surface area contributed by atoms with Crippen LogP contribution in [-0.4, -0.2) is 41.8 Å². The highest BCUT2D eigenvalue weighted by molar-refractivity contribution is 4.86. The van der Waals surface area contributed by atoms with Crippen molar-refractivity contribution in [2.24, 2.45) is 17.1 Å². The molecule has 2 unspecified atom stereocenters. The minimum absolute atomic E-state index is 0.0730. The van der Waals surface area contributed by atoms with Gasteiger partial charge in [0.1, 0.15) is 0 Å². The Labute approximate surface area is 100 Å². The second kappa shape index (κ2) is 5.03. The molecule has 1 aliphatic heterocycles. The van der Waals surface area contributed by atoms with Crippen LogP contribution in [0.2, 0.25) is 0 Å². The van der Waals surface area contributed by atoms with Crippen LogP contribution in [0.25, 0.3) is 0 Å². The van der Waals surface area contributed by atoms with Crippen molar-refractivity contribution in [2.45, 2.75) is 46.1 Å². The zero-order chi connectivity index (χ0) is 12.4. The van der Waals surface area contributed by atoms with Crippen LogP contribution in [-0.2, 0) is 0 Å². The summed E-state index contributed by atoms with van der Waals surface area (Å²) >= 11 is 0. The van der Waals surface area contributed by atoms with Gasteiger partial charge in [-0.15, -0.1) is 0 Å². The van der Waals surface area contributed by atoms with Gasteiger partial charge in [0.2, 0.25) is 0 Å². The van der Waals surface area contributed by atoms with Crippen LogP contribution in [0.15, 0.2) is 0 Å². The first-order valence-electron chi connectivity index (χ1n) is 6.37. The van der Waals surface area contributed by atoms with Gasteiger partial charge in [-0.05, 0) is 44.2 Å². The summed E-state index contributed by atoms with van der Waals surface area (Å²) in [5.41, 5.74) is 5.94. The number of likely N-dealkylation sites (tertiary alicyclic amines) is 1.